The molecule has 0 saturated carbocycles. The van der Waals surface area contributed by atoms with Crippen LogP contribution in [0.1, 0.15) is 24.0 Å². The Morgan fingerprint density at radius 2 is 2.04 bits per heavy atom. The molecule has 1 atom stereocenters. The molecule has 0 spiro atoms. The van der Waals surface area contributed by atoms with Gasteiger partial charge in [0.05, 0.1) is 17.1 Å². The molecule has 2 aromatic rings. The van der Waals surface area contributed by atoms with Crippen LogP contribution in [0.3, 0.4) is 0 Å². The van der Waals surface area contributed by atoms with Crippen molar-refractivity contribution in [2.75, 3.05) is 17.7 Å². The van der Waals surface area contributed by atoms with E-state index in [4.69, 9.17) is 4.74 Å². The topological polar surface area (TPSA) is 84.1 Å². The first-order chi connectivity index (χ1) is 13.6. The van der Waals surface area contributed by atoms with Crippen LogP contribution in [0.25, 0.3) is 0 Å². The summed E-state index contributed by atoms with van der Waals surface area (Å²) in [5.74, 6) is -0.00190. The van der Waals surface area contributed by atoms with Gasteiger partial charge >= 0.3 is 5.97 Å². The molecule has 0 saturated heterocycles. The third-order valence-corrected chi connectivity index (χ3v) is 5.11. The molecular formula is C21H21N3O3S. The number of fused-ring (bicyclic) bond motifs is 1. The molecule has 0 amide bonds. The number of hydrogen-bond donors (Lipinski definition) is 2. The zero-order chi connectivity index (χ0) is 20.1. The first-order valence-electron chi connectivity index (χ1n) is 8.75. The second kappa shape index (κ2) is 8.75. The fraction of sp³-hybridized carbons (Fsp3) is 0.190. The van der Waals surface area contributed by atoms with E-state index in [2.05, 4.69) is 28.4 Å². The van der Waals surface area contributed by atoms with E-state index in [1.54, 1.807) is 13.0 Å². The Kier molecular flexibility index (Phi) is 6.16. The van der Waals surface area contributed by atoms with Crippen LogP contribution in [0.4, 0.5) is 5.82 Å². The Hall–Kier alpha value is -3.06. The van der Waals surface area contributed by atoms with Crippen molar-refractivity contribution < 1.29 is 9.53 Å². The smallest absolute Gasteiger partial charge is 0.337 e. The van der Waals surface area contributed by atoms with Gasteiger partial charge in [-0.3, -0.25) is 4.79 Å². The number of H-pyrrole nitrogens is 1. The maximum absolute atomic E-state index is 13.0. The monoisotopic (exact) mass is 395 g/mol. The lowest BCUT2D eigenvalue weighted by molar-refractivity contribution is -0.138. The van der Waals surface area contributed by atoms with E-state index in [0.29, 0.717) is 33.6 Å². The predicted molar refractivity (Wildman–Crippen MR) is 112 cm³/mol. The van der Waals surface area contributed by atoms with E-state index in [-0.39, 0.29) is 12.2 Å². The second-order valence-electron chi connectivity index (χ2n) is 6.13. The third kappa shape index (κ3) is 3.94. The summed E-state index contributed by atoms with van der Waals surface area (Å²) in [6.07, 6.45) is 3.25. The average Bonchev–Trinajstić information content (AvgIpc) is 2.70. The minimum atomic E-state index is -0.579. The zero-order valence-corrected chi connectivity index (χ0v) is 16.3. The minimum Gasteiger partial charge on any atom is -0.458 e. The van der Waals surface area contributed by atoms with E-state index >= 15 is 0 Å². The number of aromatic amines is 1. The maximum Gasteiger partial charge on any atom is 0.337 e. The fourth-order valence-electron chi connectivity index (χ4n) is 3.10. The van der Waals surface area contributed by atoms with Gasteiger partial charge in [0.2, 0.25) is 0 Å². The van der Waals surface area contributed by atoms with E-state index in [0.717, 1.165) is 5.56 Å². The second-order valence-corrected chi connectivity index (χ2v) is 7.14. The Bertz CT molecular complexity index is 996. The quantitative estimate of drug-likeness (QED) is 0.322. The number of thioether (sulfide) groups is 1. The molecule has 1 aliphatic rings. The lowest BCUT2D eigenvalue weighted by Gasteiger charge is -2.28. The van der Waals surface area contributed by atoms with E-state index < -0.39 is 11.9 Å². The van der Waals surface area contributed by atoms with Crippen LogP contribution in [-0.2, 0) is 9.53 Å². The third-order valence-electron chi connectivity index (χ3n) is 4.24. The number of carbonyl (C=O) groups excluding carboxylic acids is 1. The first-order valence-corrected chi connectivity index (χ1v) is 9.74. The first kappa shape index (κ1) is 19.7. The largest absolute Gasteiger partial charge is 0.458 e. The summed E-state index contributed by atoms with van der Waals surface area (Å²) in [4.78, 5) is 33.1. The van der Waals surface area contributed by atoms with Crippen LogP contribution in [0.5, 0.6) is 0 Å². The van der Waals surface area contributed by atoms with Crippen LogP contribution < -0.4 is 10.9 Å². The van der Waals surface area contributed by atoms with Gasteiger partial charge in [-0.05, 0) is 12.5 Å². The number of carbonyl (C=O) groups is 1. The molecule has 144 valence electrons. The van der Waals surface area contributed by atoms with Gasteiger partial charge < -0.3 is 15.0 Å². The lowest BCUT2D eigenvalue weighted by Crippen LogP contribution is -2.31. The number of aromatic nitrogens is 2. The molecule has 2 N–H and O–H groups in total. The van der Waals surface area contributed by atoms with Gasteiger partial charge in [0.15, 0.2) is 5.16 Å². The molecule has 1 aliphatic heterocycles. The molecule has 6 nitrogen and oxygen atoms in total. The number of rotatable bonds is 7. The molecule has 3 rings (SSSR count). The van der Waals surface area contributed by atoms with Crippen LogP contribution in [0, 0.1) is 0 Å². The Balaban J connectivity index is 2.15. The number of allylic oxidation sites excluding steroid dienone is 1. The molecule has 7 heteroatoms. The van der Waals surface area contributed by atoms with E-state index in [1.165, 1.54) is 17.8 Å². The summed E-state index contributed by atoms with van der Waals surface area (Å²) in [5.41, 5.74) is 1.91. The average molecular weight is 395 g/mol. The zero-order valence-electron chi connectivity index (χ0n) is 15.5. The summed E-state index contributed by atoms with van der Waals surface area (Å²) < 4.78 is 5.28. The number of benzene rings is 1. The highest BCUT2D eigenvalue weighted by Gasteiger charge is 2.36. The summed E-state index contributed by atoms with van der Waals surface area (Å²) in [6.45, 7) is 9.13. The molecule has 2 heterocycles. The van der Waals surface area contributed by atoms with Crippen molar-refractivity contribution in [1.82, 2.24) is 9.97 Å². The molecule has 1 aromatic carbocycles. The lowest BCUT2D eigenvalue weighted by atomic mass is 9.82. The normalized spacial score (nSPS) is 15.4. The van der Waals surface area contributed by atoms with Crippen molar-refractivity contribution in [1.29, 1.82) is 0 Å². The van der Waals surface area contributed by atoms with Gasteiger partial charge in [-0.1, -0.05) is 60.8 Å². The van der Waals surface area contributed by atoms with Crippen molar-refractivity contribution in [2.45, 2.75) is 18.0 Å². The SMILES string of the molecule is C=CCOC(=O)C1=C(C)Nc2nc(SCC=C)[nH]c(=O)c2[C@@H]1c1ccccc1. The number of hydrogen-bond acceptors (Lipinski definition) is 6. The van der Waals surface area contributed by atoms with E-state index in [1.807, 2.05) is 30.3 Å². The Morgan fingerprint density at radius 1 is 1.29 bits per heavy atom. The number of nitrogens with zero attached hydrogens (tertiary/aromatic N) is 1. The molecule has 0 unspecified atom stereocenters. The number of ether oxygens (including phenoxy) is 1. The molecule has 0 bridgehead atoms. The van der Waals surface area contributed by atoms with Gasteiger partial charge in [0.1, 0.15) is 12.4 Å². The van der Waals surface area contributed by atoms with E-state index in [9.17, 15) is 9.59 Å². The highest BCUT2D eigenvalue weighted by atomic mass is 32.2. The standard InChI is InChI=1S/C21H21N3O3S/c1-4-11-27-20(26)15-13(3)22-18-17(16(15)14-9-7-6-8-10-14)19(25)24-21(23-18)28-12-5-2/h4-10,16H,1-2,11-12H2,3H3,(H2,22,23,24,25)/t16-/m1/s1. The van der Waals surface area contributed by atoms with Crippen molar-refractivity contribution in [2.24, 2.45) is 0 Å². The van der Waals surface area contributed by atoms with Crippen molar-refractivity contribution in [3.63, 3.8) is 0 Å². The summed E-state index contributed by atoms with van der Waals surface area (Å²) in [7, 11) is 0. The molecular weight excluding hydrogens is 374 g/mol. The fourth-order valence-corrected chi connectivity index (χ4v) is 3.70. The number of nitrogens with one attached hydrogen (secondary N) is 2. The highest BCUT2D eigenvalue weighted by molar-refractivity contribution is 7.99. The summed E-state index contributed by atoms with van der Waals surface area (Å²) in [6, 6.07) is 9.39. The summed E-state index contributed by atoms with van der Waals surface area (Å²) >= 11 is 1.38. The molecule has 0 fully saturated rings. The van der Waals surface area contributed by atoms with Gasteiger partial charge in [0.25, 0.3) is 5.56 Å². The number of esters is 1. The van der Waals surface area contributed by atoms with Gasteiger partial charge in [-0.2, -0.15) is 0 Å². The van der Waals surface area contributed by atoms with Crippen LogP contribution in [0.15, 0.2) is 76.9 Å². The van der Waals surface area contributed by atoms with Crippen molar-refractivity contribution >= 4 is 23.5 Å². The minimum absolute atomic E-state index is 0.0930. The van der Waals surface area contributed by atoms with Gasteiger partial charge in [0, 0.05) is 11.4 Å². The number of anilines is 1. The van der Waals surface area contributed by atoms with Crippen molar-refractivity contribution in [3.8, 4) is 0 Å². The van der Waals surface area contributed by atoms with Crippen LogP contribution >= 0.6 is 11.8 Å². The van der Waals surface area contributed by atoms with Gasteiger partial charge in [-0.25, -0.2) is 9.78 Å². The molecule has 1 aromatic heterocycles. The van der Waals surface area contributed by atoms with Gasteiger partial charge in [-0.15, -0.1) is 6.58 Å². The molecule has 0 radical (unpaired) electrons. The predicted octanol–water partition coefficient (Wildman–Crippen LogP) is 3.61. The Labute approximate surface area is 167 Å². The van der Waals surface area contributed by atoms with Crippen LogP contribution in [0.2, 0.25) is 0 Å². The summed E-state index contributed by atoms with van der Waals surface area (Å²) in [5, 5.41) is 3.60. The Morgan fingerprint density at radius 3 is 2.71 bits per heavy atom. The molecule has 28 heavy (non-hydrogen) atoms. The molecule has 0 aliphatic carbocycles. The van der Waals surface area contributed by atoms with Crippen molar-refractivity contribution in [3.05, 3.63) is 88.4 Å². The highest BCUT2D eigenvalue weighted by Crippen LogP contribution is 2.39. The van der Waals surface area contributed by atoms with Crippen LogP contribution in [-0.4, -0.2) is 28.3 Å². The maximum atomic E-state index is 13.0.